The van der Waals surface area contributed by atoms with Crippen molar-refractivity contribution in [2.75, 3.05) is 0 Å². The van der Waals surface area contributed by atoms with Gasteiger partial charge >= 0.3 is 5.97 Å². The molecule has 1 heterocycles. The second-order valence-electron chi connectivity index (χ2n) is 3.08. The number of hydrogen-bond acceptors (Lipinski definition) is 3. The molecule has 0 bridgehead atoms. The van der Waals surface area contributed by atoms with E-state index in [1.807, 2.05) is 6.07 Å². The first-order valence-corrected chi connectivity index (χ1v) is 4.91. The van der Waals surface area contributed by atoms with Crippen molar-refractivity contribution >= 4 is 5.97 Å². The van der Waals surface area contributed by atoms with Crippen molar-refractivity contribution < 1.29 is 9.53 Å². The zero-order valence-corrected chi connectivity index (χ0v) is 8.62. The van der Waals surface area contributed by atoms with Gasteiger partial charge in [0, 0.05) is 18.7 Å². The summed E-state index contributed by atoms with van der Waals surface area (Å²) in [5.41, 5.74) is 1.17. The van der Waals surface area contributed by atoms with E-state index in [0.717, 1.165) is 12.8 Å². The van der Waals surface area contributed by atoms with Crippen LogP contribution in [0.25, 0.3) is 0 Å². The van der Waals surface area contributed by atoms with Gasteiger partial charge in [-0.1, -0.05) is 26.3 Å². The van der Waals surface area contributed by atoms with Gasteiger partial charge in [0.25, 0.3) is 0 Å². The van der Waals surface area contributed by atoms with Crippen molar-refractivity contribution in [2.45, 2.75) is 33.1 Å². The average molecular weight is 193 g/mol. The summed E-state index contributed by atoms with van der Waals surface area (Å²) in [6.45, 7) is 3.87. The summed E-state index contributed by atoms with van der Waals surface area (Å²) in [6, 6.07) is 3.67. The fraction of sp³-hybridized carbons (Fsp3) is 0.455. The van der Waals surface area contributed by atoms with Crippen LogP contribution in [0.1, 0.15) is 32.3 Å². The SMILES string of the molecule is CCCc1ccc(OC(=O)CC)nc1. The summed E-state index contributed by atoms with van der Waals surface area (Å²) in [5.74, 6) is 0.137. The lowest BCUT2D eigenvalue weighted by atomic mass is 10.2. The van der Waals surface area contributed by atoms with Crippen molar-refractivity contribution in [1.29, 1.82) is 0 Å². The summed E-state index contributed by atoms with van der Waals surface area (Å²) in [7, 11) is 0. The van der Waals surface area contributed by atoms with Crippen LogP contribution in [-0.4, -0.2) is 11.0 Å². The van der Waals surface area contributed by atoms with Crippen LogP contribution in [0.2, 0.25) is 0 Å². The lowest BCUT2D eigenvalue weighted by molar-refractivity contribution is -0.134. The Labute approximate surface area is 84.1 Å². The predicted molar refractivity (Wildman–Crippen MR) is 54.2 cm³/mol. The number of esters is 1. The van der Waals surface area contributed by atoms with E-state index in [-0.39, 0.29) is 5.97 Å². The van der Waals surface area contributed by atoms with Gasteiger partial charge in [-0.2, -0.15) is 0 Å². The van der Waals surface area contributed by atoms with Crippen LogP contribution in [0.3, 0.4) is 0 Å². The molecule has 3 nitrogen and oxygen atoms in total. The molecule has 0 fully saturated rings. The quantitative estimate of drug-likeness (QED) is 0.689. The van der Waals surface area contributed by atoms with Gasteiger partial charge < -0.3 is 4.74 Å². The van der Waals surface area contributed by atoms with Gasteiger partial charge in [0.1, 0.15) is 0 Å². The lowest BCUT2D eigenvalue weighted by Crippen LogP contribution is -2.06. The molecule has 76 valence electrons. The summed E-state index contributed by atoms with van der Waals surface area (Å²) in [4.78, 5) is 15.0. The molecule has 0 spiro atoms. The largest absolute Gasteiger partial charge is 0.407 e. The van der Waals surface area contributed by atoms with E-state index in [9.17, 15) is 4.79 Å². The Morgan fingerprint density at radius 1 is 1.43 bits per heavy atom. The Bertz CT molecular complexity index is 293. The van der Waals surface area contributed by atoms with Crippen LogP contribution in [-0.2, 0) is 11.2 Å². The third-order valence-electron chi connectivity index (χ3n) is 1.84. The highest BCUT2D eigenvalue weighted by atomic mass is 16.5. The number of carbonyl (C=O) groups excluding carboxylic acids is 1. The van der Waals surface area contributed by atoms with Gasteiger partial charge in [-0.3, -0.25) is 4.79 Å². The van der Waals surface area contributed by atoms with Crippen molar-refractivity contribution in [2.24, 2.45) is 0 Å². The maximum atomic E-state index is 10.9. The van der Waals surface area contributed by atoms with E-state index < -0.39 is 0 Å². The first-order valence-electron chi connectivity index (χ1n) is 4.91. The highest BCUT2D eigenvalue weighted by molar-refractivity contribution is 5.71. The van der Waals surface area contributed by atoms with Crippen molar-refractivity contribution in [3.05, 3.63) is 23.9 Å². The van der Waals surface area contributed by atoms with Gasteiger partial charge in [0.05, 0.1) is 0 Å². The van der Waals surface area contributed by atoms with E-state index in [0.29, 0.717) is 12.3 Å². The highest BCUT2D eigenvalue weighted by Gasteiger charge is 2.01. The summed E-state index contributed by atoms with van der Waals surface area (Å²) >= 11 is 0. The third-order valence-corrected chi connectivity index (χ3v) is 1.84. The van der Waals surface area contributed by atoms with Crippen LogP contribution < -0.4 is 4.74 Å². The fourth-order valence-corrected chi connectivity index (χ4v) is 1.10. The van der Waals surface area contributed by atoms with Crippen LogP contribution in [0.4, 0.5) is 0 Å². The minimum absolute atomic E-state index is 0.249. The molecule has 1 aromatic rings. The van der Waals surface area contributed by atoms with Gasteiger partial charge in [-0.25, -0.2) is 4.98 Å². The normalized spacial score (nSPS) is 9.86. The smallest absolute Gasteiger partial charge is 0.312 e. The Kier molecular flexibility index (Phi) is 4.11. The number of ether oxygens (including phenoxy) is 1. The zero-order chi connectivity index (χ0) is 10.4. The Morgan fingerprint density at radius 3 is 2.71 bits per heavy atom. The topological polar surface area (TPSA) is 39.2 Å². The summed E-state index contributed by atoms with van der Waals surface area (Å²) in [5, 5.41) is 0. The molecule has 0 N–H and O–H groups in total. The Morgan fingerprint density at radius 2 is 2.21 bits per heavy atom. The van der Waals surface area contributed by atoms with Gasteiger partial charge in [0.2, 0.25) is 5.88 Å². The zero-order valence-electron chi connectivity index (χ0n) is 8.62. The summed E-state index contributed by atoms with van der Waals surface area (Å²) < 4.78 is 4.95. The molecule has 14 heavy (non-hydrogen) atoms. The third kappa shape index (κ3) is 3.17. The minimum Gasteiger partial charge on any atom is -0.407 e. The maximum absolute atomic E-state index is 10.9. The van der Waals surface area contributed by atoms with E-state index in [1.54, 1.807) is 19.2 Å². The van der Waals surface area contributed by atoms with Crippen molar-refractivity contribution in [3.63, 3.8) is 0 Å². The molecule has 0 atom stereocenters. The number of aryl methyl sites for hydroxylation is 1. The highest BCUT2D eigenvalue weighted by Crippen LogP contribution is 2.09. The number of pyridine rings is 1. The van der Waals surface area contributed by atoms with E-state index >= 15 is 0 Å². The molecule has 0 saturated carbocycles. The maximum Gasteiger partial charge on any atom is 0.312 e. The number of rotatable bonds is 4. The molecule has 0 aliphatic carbocycles. The lowest BCUT2D eigenvalue weighted by Gasteiger charge is -2.02. The standard InChI is InChI=1S/C11H15NO2/c1-3-5-9-6-7-10(12-8-9)14-11(13)4-2/h6-8H,3-5H2,1-2H3. The fourth-order valence-electron chi connectivity index (χ4n) is 1.10. The van der Waals surface area contributed by atoms with Crippen LogP contribution in [0.15, 0.2) is 18.3 Å². The molecule has 1 rings (SSSR count). The summed E-state index contributed by atoms with van der Waals surface area (Å²) in [6.07, 6.45) is 4.23. The second-order valence-corrected chi connectivity index (χ2v) is 3.08. The van der Waals surface area contributed by atoms with E-state index in [4.69, 9.17) is 4.74 Å². The van der Waals surface area contributed by atoms with Crippen LogP contribution in [0.5, 0.6) is 5.88 Å². The first kappa shape index (κ1) is 10.7. The molecular formula is C11H15NO2. The Hall–Kier alpha value is -1.38. The molecule has 0 aliphatic rings. The molecule has 0 saturated heterocycles. The monoisotopic (exact) mass is 193 g/mol. The molecule has 0 amide bonds. The number of nitrogens with zero attached hydrogens (tertiary/aromatic N) is 1. The van der Waals surface area contributed by atoms with Gasteiger partial charge in [-0.15, -0.1) is 0 Å². The van der Waals surface area contributed by atoms with Gasteiger partial charge in [-0.05, 0) is 12.0 Å². The molecule has 0 unspecified atom stereocenters. The van der Waals surface area contributed by atoms with Crippen LogP contribution in [0, 0.1) is 0 Å². The second kappa shape index (κ2) is 5.37. The van der Waals surface area contributed by atoms with Gasteiger partial charge in [0.15, 0.2) is 0 Å². The van der Waals surface area contributed by atoms with E-state index in [2.05, 4.69) is 11.9 Å². The van der Waals surface area contributed by atoms with Crippen molar-refractivity contribution in [1.82, 2.24) is 4.98 Å². The van der Waals surface area contributed by atoms with E-state index in [1.165, 1.54) is 5.56 Å². The minimum atomic E-state index is -0.249. The molecule has 0 aromatic carbocycles. The first-order chi connectivity index (χ1) is 6.76. The Balaban J connectivity index is 2.59. The molecule has 1 aromatic heterocycles. The molecule has 0 radical (unpaired) electrons. The van der Waals surface area contributed by atoms with Crippen molar-refractivity contribution in [3.8, 4) is 5.88 Å². The van der Waals surface area contributed by atoms with Crippen LogP contribution >= 0.6 is 0 Å². The number of hydrogen-bond donors (Lipinski definition) is 0. The number of aromatic nitrogens is 1. The predicted octanol–water partition coefficient (Wildman–Crippen LogP) is 2.35. The number of carbonyl (C=O) groups is 1. The molecule has 0 aliphatic heterocycles. The average Bonchev–Trinajstić information content (AvgIpc) is 2.21. The molecular weight excluding hydrogens is 178 g/mol. The molecule has 3 heteroatoms.